The number of rotatable bonds is 5. The van der Waals surface area contributed by atoms with Gasteiger partial charge in [-0.25, -0.2) is 18.1 Å². The van der Waals surface area contributed by atoms with Crippen molar-refractivity contribution in [2.24, 2.45) is 23.7 Å². The topological polar surface area (TPSA) is 71.1 Å². The lowest BCUT2D eigenvalue weighted by Gasteiger charge is -2.13. The summed E-state index contributed by atoms with van der Waals surface area (Å²) in [6.45, 7) is 2.58. The molecule has 3 saturated carbocycles. The molecule has 1 heterocycles. The van der Waals surface area contributed by atoms with Gasteiger partial charge in [-0.15, -0.1) is 0 Å². The first kappa shape index (κ1) is 13.5. The highest BCUT2D eigenvalue weighted by Gasteiger charge is 2.65. The Kier molecular flexibility index (Phi) is 3.01. The van der Waals surface area contributed by atoms with Crippen molar-refractivity contribution >= 4 is 15.8 Å². The van der Waals surface area contributed by atoms with Gasteiger partial charge in [0.05, 0.1) is 0 Å². The van der Waals surface area contributed by atoms with E-state index in [4.69, 9.17) is 0 Å². The van der Waals surface area contributed by atoms with Gasteiger partial charge in [0.2, 0.25) is 10.0 Å². The Morgan fingerprint density at radius 1 is 1.29 bits per heavy atom. The second kappa shape index (κ2) is 4.68. The van der Waals surface area contributed by atoms with Gasteiger partial charge in [0, 0.05) is 18.8 Å². The normalized spacial score (nSPS) is 36.5. The van der Waals surface area contributed by atoms with Crippen LogP contribution in [0.1, 0.15) is 26.2 Å². The fraction of sp³-hybridized carbons (Fsp3) is 0.667. The van der Waals surface area contributed by atoms with Crippen molar-refractivity contribution in [1.29, 1.82) is 0 Å². The summed E-state index contributed by atoms with van der Waals surface area (Å²) >= 11 is 0. The third-order valence-corrected chi connectivity index (χ3v) is 6.92. The van der Waals surface area contributed by atoms with E-state index in [2.05, 4.69) is 15.0 Å². The number of hydrogen-bond donors (Lipinski definition) is 2. The molecule has 1 aromatic rings. The third kappa shape index (κ3) is 2.07. The molecule has 4 rings (SSSR count). The second-order valence-corrected chi connectivity index (χ2v) is 8.20. The van der Waals surface area contributed by atoms with Crippen molar-refractivity contribution in [1.82, 2.24) is 9.71 Å². The molecule has 0 aliphatic heterocycles. The smallest absolute Gasteiger partial charge is 0.244 e. The van der Waals surface area contributed by atoms with Gasteiger partial charge in [0.25, 0.3) is 0 Å². The summed E-state index contributed by atoms with van der Waals surface area (Å²) in [5, 5.41) is 3.03. The van der Waals surface area contributed by atoms with Gasteiger partial charge < -0.3 is 5.32 Å². The maximum atomic E-state index is 12.7. The molecule has 1 aromatic heterocycles. The minimum absolute atomic E-state index is 0.163. The fourth-order valence-electron chi connectivity index (χ4n) is 4.63. The molecule has 4 atom stereocenters. The summed E-state index contributed by atoms with van der Waals surface area (Å²) in [6, 6.07) is 3.46. The maximum absolute atomic E-state index is 12.7. The zero-order valence-corrected chi connectivity index (χ0v) is 12.9. The molecule has 21 heavy (non-hydrogen) atoms. The van der Waals surface area contributed by atoms with Gasteiger partial charge in [0.15, 0.2) is 0 Å². The number of fused-ring (bicyclic) bond motifs is 5. The molecule has 3 fully saturated rings. The van der Waals surface area contributed by atoms with Crippen molar-refractivity contribution in [3.63, 3.8) is 0 Å². The number of nitrogens with zero attached hydrogens (tertiary/aromatic N) is 1. The van der Waals surface area contributed by atoms with Crippen molar-refractivity contribution in [2.45, 2.75) is 37.1 Å². The lowest BCUT2D eigenvalue weighted by Crippen LogP contribution is -2.30. The molecule has 2 N–H and O–H groups in total. The van der Waals surface area contributed by atoms with Crippen LogP contribution >= 0.6 is 0 Å². The minimum atomic E-state index is -3.49. The van der Waals surface area contributed by atoms with E-state index in [1.165, 1.54) is 19.3 Å². The molecule has 6 heteroatoms. The number of pyridine rings is 1. The molecule has 3 aliphatic rings. The molecule has 2 bridgehead atoms. The summed E-state index contributed by atoms with van der Waals surface area (Å²) in [5.74, 6) is 3.15. The number of hydrogen-bond acceptors (Lipinski definition) is 4. The van der Waals surface area contributed by atoms with E-state index in [-0.39, 0.29) is 10.9 Å². The molecule has 5 nitrogen and oxygen atoms in total. The predicted octanol–water partition coefficient (Wildman–Crippen LogP) is 1.84. The van der Waals surface area contributed by atoms with Crippen LogP contribution in [0.25, 0.3) is 0 Å². The van der Waals surface area contributed by atoms with E-state index < -0.39 is 10.0 Å². The molecular weight excluding hydrogens is 286 g/mol. The summed E-state index contributed by atoms with van der Waals surface area (Å²) < 4.78 is 28.2. The molecule has 4 unspecified atom stereocenters. The fourth-order valence-corrected chi connectivity index (χ4v) is 6.07. The highest BCUT2D eigenvalue weighted by atomic mass is 32.2. The molecule has 0 amide bonds. The van der Waals surface area contributed by atoms with Gasteiger partial charge >= 0.3 is 0 Å². The van der Waals surface area contributed by atoms with Crippen molar-refractivity contribution in [3.8, 4) is 0 Å². The molecule has 3 aliphatic carbocycles. The molecule has 114 valence electrons. The standard InChI is InChI=1S/C15H21N3O2S/c1-2-16-15-11(4-3-7-17-15)21(19,20)18-14-12-9-5-6-10(8-9)13(12)14/h3-4,7,9-10,12-14,18H,2,5-6,8H2,1H3,(H,16,17). The van der Waals surface area contributed by atoms with Crippen LogP contribution in [0.15, 0.2) is 23.2 Å². The lowest BCUT2D eigenvalue weighted by molar-refractivity contribution is 0.456. The van der Waals surface area contributed by atoms with Crippen molar-refractivity contribution in [3.05, 3.63) is 18.3 Å². The molecular formula is C15H21N3O2S. The van der Waals surface area contributed by atoms with Crippen LogP contribution in [-0.4, -0.2) is 26.0 Å². The van der Waals surface area contributed by atoms with Gasteiger partial charge in [-0.05, 0) is 62.0 Å². The van der Waals surface area contributed by atoms with Crippen LogP contribution in [-0.2, 0) is 10.0 Å². The van der Waals surface area contributed by atoms with Crippen molar-refractivity contribution in [2.75, 3.05) is 11.9 Å². The first-order valence-electron chi connectivity index (χ1n) is 7.83. The molecule has 0 spiro atoms. The molecule has 0 radical (unpaired) electrons. The average molecular weight is 307 g/mol. The van der Waals surface area contributed by atoms with Gasteiger partial charge in [-0.1, -0.05) is 0 Å². The van der Waals surface area contributed by atoms with Crippen LogP contribution in [0.2, 0.25) is 0 Å². The van der Waals surface area contributed by atoms with Gasteiger partial charge in [-0.2, -0.15) is 0 Å². The van der Waals surface area contributed by atoms with E-state index in [0.29, 0.717) is 24.2 Å². The maximum Gasteiger partial charge on any atom is 0.244 e. The Bertz CT molecular complexity index is 645. The van der Waals surface area contributed by atoms with Crippen molar-refractivity contribution < 1.29 is 8.42 Å². The van der Waals surface area contributed by atoms with Gasteiger partial charge in [0.1, 0.15) is 10.7 Å². The number of nitrogens with one attached hydrogen (secondary N) is 2. The highest BCUT2D eigenvalue weighted by molar-refractivity contribution is 7.89. The number of anilines is 1. The number of sulfonamides is 1. The predicted molar refractivity (Wildman–Crippen MR) is 80.3 cm³/mol. The van der Waals surface area contributed by atoms with Gasteiger partial charge in [-0.3, -0.25) is 0 Å². The quantitative estimate of drug-likeness (QED) is 0.871. The first-order chi connectivity index (χ1) is 10.1. The van der Waals surface area contributed by atoms with E-state index in [0.717, 1.165) is 11.8 Å². The Morgan fingerprint density at radius 2 is 2.00 bits per heavy atom. The number of aromatic nitrogens is 1. The van der Waals surface area contributed by atoms with Crippen LogP contribution in [0.5, 0.6) is 0 Å². The second-order valence-electron chi connectivity index (χ2n) is 6.52. The summed E-state index contributed by atoms with van der Waals surface area (Å²) in [4.78, 5) is 4.41. The minimum Gasteiger partial charge on any atom is -0.369 e. The van der Waals surface area contributed by atoms with E-state index in [1.54, 1.807) is 18.3 Å². The van der Waals surface area contributed by atoms with Crippen LogP contribution in [0.4, 0.5) is 5.82 Å². The molecule has 0 saturated heterocycles. The Labute approximate surface area is 125 Å². The third-order valence-electron chi connectivity index (χ3n) is 5.43. The Morgan fingerprint density at radius 3 is 2.67 bits per heavy atom. The Hall–Kier alpha value is -1.14. The van der Waals surface area contributed by atoms with E-state index in [1.807, 2.05) is 6.92 Å². The largest absolute Gasteiger partial charge is 0.369 e. The summed E-state index contributed by atoms with van der Waals surface area (Å²) in [5.41, 5.74) is 0. The monoisotopic (exact) mass is 307 g/mol. The van der Waals surface area contributed by atoms with Crippen LogP contribution < -0.4 is 10.0 Å². The highest BCUT2D eigenvalue weighted by Crippen LogP contribution is 2.65. The lowest BCUT2D eigenvalue weighted by atomic mass is 10.0. The SMILES string of the molecule is CCNc1ncccc1S(=O)(=O)NC1C2C3CCC(C3)C12. The first-order valence-corrected chi connectivity index (χ1v) is 9.31. The summed E-state index contributed by atoms with van der Waals surface area (Å²) in [6.07, 6.45) is 5.52. The Balaban J connectivity index is 1.55. The van der Waals surface area contributed by atoms with E-state index >= 15 is 0 Å². The molecule has 0 aromatic carbocycles. The van der Waals surface area contributed by atoms with Crippen LogP contribution in [0.3, 0.4) is 0 Å². The average Bonchev–Trinajstić information content (AvgIpc) is 2.85. The zero-order chi connectivity index (χ0) is 14.6. The summed E-state index contributed by atoms with van der Waals surface area (Å²) in [7, 11) is -3.49. The van der Waals surface area contributed by atoms with E-state index in [9.17, 15) is 8.42 Å². The van der Waals surface area contributed by atoms with Crippen LogP contribution in [0, 0.1) is 23.7 Å². The zero-order valence-electron chi connectivity index (χ0n) is 12.1.